The molecule has 1 aromatic carbocycles. The van der Waals surface area contributed by atoms with Crippen LogP contribution in [0.5, 0.6) is 0 Å². The summed E-state index contributed by atoms with van der Waals surface area (Å²) in [6.07, 6.45) is 7.02. The zero-order valence-corrected chi connectivity index (χ0v) is 22.7. The molecular formula is C26H38Cl2N4O3. The molecule has 0 saturated carbocycles. The summed E-state index contributed by atoms with van der Waals surface area (Å²) in [5, 5.41) is 1.05. The number of nitrogens with two attached hydrogens (primary N) is 1. The first-order valence-electron chi connectivity index (χ1n) is 12.0. The lowest BCUT2D eigenvalue weighted by atomic mass is 9.82. The highest BCUT2D eigenvalue weighted by Crippen LogP contribution is 2.35. The Morgan fingerprint density at radius 2 is 1.80 bits per heavy atom. The molecule has 0 bridgehead atoms. The van der Waals surface area contributed by atoms with Crippen LogP contribution < -0.4 is 5.73 Å². The Morgan fingerprint density at radius 3 is 2.46 bits per heavy atom. The van der Waals surface area contributed by atoms with E-state index in [4.69, 9.17) is 10.5 Å². The molecule has 0 saturated heterocycles. The molecule has 9 heteroatoms. The summed E-state index contributed by atoms with van der Waals surface area (Å²) in [7, 11) is 2.05. The van der Waals surface area contributed by atoms with Crippen molar-refractivity contribution in [2.75, 3.05) is 19.8 Å². The maximum atomic E-state index is 13.5. The van der Waals surface area contributed by atoms with Gasteiger partial charge in [-0.2, -0.15) is 0 Å². The second-order valence-electron chi connectivity index (χ2n) is 9.39. The normalized spacial score (nSPS) is 19.4. The quantitative estimate of drug-likeness (QED) is 0.513. The zero-order chi connectivity index (χ0) is 23.8. The number of rotatable bonds is 8. The Hall–Kier alpha value is -2.22. The van der Waals surface area contributed by atoms with Crippen LogP contribution in [-0.2, 0) is 23.0 Å². The molecule has 194 valence electrons. The van der Waals surface area contributed by atoms with Crippen LogP contribution in [0.1, 0.15) is 56.1 Å². The molecule has 2 aromatic rings. The largest absolute Gasteiger partial charge is 0.444 e. The molecule has 0 amide bonds. The number of halogens is 2. The minimum Gasteiger partial charge on any atom is -0.444 e. The fourth-order valence-electron chi connectivity index (χ4n) is 5.26. The number of ketones is 1. The van der Waals surface area contributed by atoms with Gasteiger partial charge in [-0.3, -0.25) is 9.59 Å². The van der Waals surface area contributed by atoms with E-state index >= 15 is 0 Å². The van der Waals surface area contributed by atoms with Crippen molar-refractivity contribution in [3.8, 4) is 0 Å². The van der Waals surface area contributed by atoms with E-state index in [0.29, 0.717) is 19.4 Å². The minimum atomic E-state index is -0.614. The first-order valence-corrected chi connectivity index (χ1v) is 12.0. The molecule has 1 aromatic heterocycles. The molecule has 2 heterocycles. The summed E-state index contributed by atoms with van der Waals surface area (Å²) >= 11 is 0. The number of esters is 1. The first kappa shape index (κ1) is 29.0. The Bertz CT molecular complexity index is 1070. The van der Waals surface area contributed by atoms with Crippen LogP contribution >= 0.6 is 24.8 Å². The van der Waals surface area contributed by atoms with Gasteiger partial charge in [-0.25, -0.2) is 0 Å². The van der Waals surface area contributed by atoms with Gasteiger partial charge in [0.1, 0.15) is 6.17 Å². The predicted molar refractivity (Wildman–Crippen MR) is 144 cm³/mol. The SMILES string of the molecule is CCC(CC)(CN)C(=O)OCN1C=CN(CC2CCc3c(c4ccccc4n3C)C2=O)C1C.Cl.Cl. The number of ether oxygens (including phenoxy) is 1. The topological polar surface area (TPSA) is 80.8 Å². The van der Waals surface area contributed by atoms with Crippen LogP contribution in [-0.4, -0.2) is 52.1 Å². The summed E-state index contributed by atoms with van der Waals surface area (Å²) in [5.41, 5.74) is 8.42. The van der Waals surface area contributed by atoms with Crippen molar-refractivity contribution >= 4 is 47.5 Å². The van der Waals surface area contributed by atoms with Crippen LogP contribution in [0.3, 0.4) is 0 Å². The van der Waals surface area contributed by atoms with Crippen molar-refractivity contribution in [2.24, 2.45) is 24.1 Å². The fourth-order valence-corrected chi connectivity index (χ4v) is 5.26. The van der Waals surface area contributed by atoms with E-state index in [-0.39, 0.29) is 61.9 Å². The van der Waals surface area contributed by atoms with Gasteiger partial charge in [0, 0.05) is 60.6 Å². The molecule has 1 aliphatic carbocycles. The van der Waals surface area contributed by atoms with Gasteiger partial charge < -0.3 is 24.8 Å². The molecule has 2 atom stereocenters. The number of benzene rings is 1. The number of fused-ring (bicyclic) bond motifs is 3. The third-order valence-corrected chi connectivity index (χ3v) is 7.94. The third kappa shape index (κ3) is 5.04. The average molecular weight is 526 g/mol. The van der Waals surface area contributed by atoms with Gasteiger partial charge >= 0.3 is 5.97 Å². The highest BCUT2D eigenvalue weighted by atomic mass is 35.5. The van der Waals surface area contributed by atoms with E-state index < -0.39 is 5.41 Å². The molecule has 2 unspecified atom stereocenters. The maximum Gasteiger partial charge on any atom is 0.315 e. The van der Waals surface area contributed by atoms with E-state index in [2.05, 4.69) is 35.6 Å². The number of hydrogen-bond donors (Lipinski definition) is 1. The van der Waals surface area contributed by atoms with Crippen LogP contribution in [0.15, 0.2) is 36.7 Å². The van der Waals surface area contributed by atoms with Crippen LogP contribution in [0, 0.1) is 11.3 Å². The number of hydrogen-bond acceptors (Lipinski definition) is 6. The Balaban J connectivity index is 0.00000216. The lowest BCUT2D eigenvalue weighted by molar-refractivity contribution is -0.161. The molecular weight excluding hydrogens is 487 g/mol. The second-order valence-corrected chi connectivity index (χ2v) is 9.39. The van der Waals surface area contributed by atoms with Crippen molar-refractivity contribution in [1.29, 1.82) is 0 Å². The van der Waals surface area contributed by atoms with Crippen LogP contribution in [0.25, 0.3) is 10.9 Å². The Kier molecular flexibility index (Phi) is 9.68. The summed E-state index contributed by atoms with van der Waals surface area (Å²) in [4.78, 5) is 30.3. The highest BCUT2D eigenvalue weighted by molar-refractivity contribution is 6.11. The molecule has 2 aliphatic rings. The van der Waals surface area contributed by atoms with Crippen molar-refractivity contribution < 1.29 is 14.3 Å². The number of nitrogens with zero attached hydrogens (tertiary/aromatic N) is 3. The smallest absolute Gasteiger partial charge is 0.315 e. The van der Waals surface area contributed by atoms with Crippen molar-refractivity contribution in [3.63, 3.8) is 0 Å². The van der Waals surface area contributed by atoms with Crippen LogP contribution in [0.2, 0.25) is 0 Å². The number of Topliss-reactive ketones (excluding diaryl/α,β-unsaturated/α-hetero) is 1. The van der Waals surface area contributed by atoms with Gasteiger partial charge in [-0.05, 0) is 38.7 Å². The van der Waals surface area contributed by atoms with Gasteiger partial charge in [-0.15, -0.1) is 24.8 Å². The molecule has 4 rings (SSSR count). The van der Waals surface area contributed by atoms with Crippen molar-refractivity contribution in [2.45, 2.75) is 52.6 Å². The standard InChI is InChI=1S/C26H36N4O3.2ClH/c1-5-26(6-2,16-27)25(32)33-17-30-14-13-29(18(30)3)15-19-11-12-22-23(24(19)31)20-9-7-8-10-21(20)28(22)4;;/h7-10,13-14,18-19H,5-6,11-12,15-17,27H2,1-4H3;2*1H. The minimum absolute atomic E-state index is 0. The summed E-state index contributed by atoms with van der Waals surface area (Å²) < 4.78 is 7.82. The molecule has 1 aliphatic heterocycles. The van der Waals surface area contributed by atoms with Crippen LogP contribution in [0.4, 0.5) is 0 Å². The maximum absolute atomic E-state index is 13.5. The van der Waals surface area contributed by atoms with E-state index in [1.165, 1.54) is 0 Å². The molecule has 0 radical (unpaired) electrons. The lowest BCUT2D eigenvalue weighted by Crippen LogP contribution is -2.44. The number of carbonyl (C=O) groups is 2. The number of aryl methyl sites for hydroxylation is 1. The van der Waals surface area contributed by atoms with E-state index in [1.807, 2.05) is 43.3 Å². The van der Waals surface area contributed by atoms with Crippen molar-refractivity contribution in [1.82, 2.24) is 14.4 Å². The van der Waals surface area contributed by atoms with Gasteiger partial charge in [0.15, 0.2) is 12.5 Å². The zero-order valence-electron chi connectivity index (χ0n) is 21.0. The molecule has 0 spiro atoms. The van der Waals surface area contributed by atoms with Gasteiger partial charge in [0.25, 0.3) is 0 Å². The fraction of sp³-hybridized carbons (Fsp3) is 0.538. The Morgan fingerprint density at radius 1 is 1.14 bits per heavy atom. The van der Waals surface area contributed by atoms with Gasteiger partial charge in [0.05, 0.1) is 5.41 Å². The summed E-state index contributed by atoms with van der Waals surface area (Å²) in [6, 6.07) is 8.15. The van der Waals surface area contributed by atoms with Crippen molar-refractivity contribution in [3.05, 3.63) is 47.9 Å². The van der Waals surface area contributed by atoms with E-state index in [1.54, 1.807) is 0 Å². The first-order chi connectivity index (χ1) is 15.9. The third-order valence-electron chi connectivity index (χ3n) is 7.94. The Labute approximate surface area is 220 Å². The monoisotopic (exact) mass is 524 g/mol. The predicted octanol–water partition coefficient (Wildman–Crippen LogP) is 4.47. The number of para-hydroxylation sites is 1. The summed E-state index contributed by atoms with van der Waals surface area (Å²) in [5.74, 6) is -0.0554. The molecule has 2 N–H and O–H groups in total. The second kappa shape index (κ2) is 11.7. The summed E-state index contributed by atoms with van der Waals surface area (Å²) in [6.45, 7) is 7.14. The number of carbonyl (C=O) groups excluding carboxylic acids is 2. The van der Waals surface area contributed by atoms with Gasteiger partial charge in [-0.1, -0.05) is 32.0 Å². The highest BCUT2D eigenvalue weighted by Gasteiger charge is 2.37. The van der Waals surface area contributed by atoms with E-state index in [9.17, 15) is 9.59 Å². The molecule has 7 nitrogen and oxygen atoms in total. The molecule has 0 fully saturated rings. The average Bonchev–Trinajstić information content (AvgIpc) is 3.33. The van der Waals surface area contributed by atoms with Gasteiger partial charge in [0.2, 0.25) is 0 Å². The van der Waals surface area contributed by atoms with E-state index in [0.717, 1.165) is 35.0 Å². The lowest BCUT2D eigenvalue weighted by Gasteiger charge is -2.34. The number of aromatic nitrogens is 1. The molecule has 35 heavy (non-hydrogen) atoms.